The van der Waals surface area contributed by atoms with Crippen molar-refractivity contribution >= 4 is 34.4 Å². The predicted molar refractivity (Wildman–Crippen MR) is 102 cm³/mol. The molecule has 3 rings (SSSR count). The minimum atomic E-state index is 0.500. The lowest BCUT2D eigenvalue weighted by Gasteiger charge is -2.07. The molecule has 0 unspecified atom stereocenters. The Labute approximate surface area is 146 Å². The van der Waals surface area contributed by atoms with Gasteiger partial charge in [0.25, 0.3) is 0 Å². The molecule has 2 aromatic heterocycles. The van der Waals surface area contributed by atoms with Crippen molar-refractivity contribution in [3.05, 3.63) is 65.6 Å². The molecule has 0 saturated carbocycles. The lowest BCUT2D eigenvalue weighted by molar-refractivity contribution is 0.837. The van der Waals surface area contributed by atoms with Gasteiger partial charge in [-0.1, -0.05) is 24.3 Å². The zero-order valence-electron chi connectivity index (χ0n) is 13.4. The molecule has 0 bridgehead atoms. The fourth-order valence-electron chi connectivity index (χ4n) is 2.61. The largest absolute Gasteiger partial charge is 0.361 e. The molecule has 6 heteroatoms. The lowest BCUT2D eigenvalue weighted by Crippen LogP contribution is -2.33. The van der Waals surface area contributed by atoms with Crippen LogP contribution in [0.25, 0.3) is 10.9 Å². The van der Waals surface area contributed by atoms with E-state index < -0.39 is 0 Å². The van der Waals surface area contributed by atoms with E-state index in [0.717, 1.165) is 18.7 Å². The van der Waals surface area contributed by atoms with Crippen molar-refractivity contribution < 1.29 is 0 Å². The quantitative estimate of drug-likeness (QED) is 0.380. The molecule has 3 N–H and O–H groups in total. The molecule has 0 aliphatic heterocycles. The molecule has 0 amide bonds. The van der Waals surface area contributed by atoms with E-state index >= 15 is 0 Å². The number of fused-ring (bicyclic) bond motifs is 1. The second-order valence-electron chi connectivity index (χ2n) is 5.40. The van der Waals surface area contributed by atoms with Crippen LogP contribution in [0, 0.1) is 6.92 Å². The number of pyridine rings is 1. The van der Waals surface area contributed by atoms with Gasteiger partial charge in [0.2, 0.25) is 0 Å². The van der Waals surface area contributed by atoms with E-state index in [9.17, 15) is 0 Å². The molecular weight excluding hydrogens is 318 g/mol. The summed E-state index contributed by atoms with van der Waals surface area (Å²) in [5.74, 6) is 0. The highest BCUT2D eigenvalue weighted by atomic mass is 32.1. The van der Waals surface area contributed by atoms with E-state index in [2.05, 4.69) is 50.9 Å². The molecule has 0 spiro atoms. The van der Waals surface area contributed by atoms with Crippen molar-refractivity contribution in [2.24, 2.45) is 5.10 Å². The number of hydrazone groups is 1. The summed E-state index contributed by atoms with van der Waals surface area (Å²) in [6, 6.07) is 14.0. The topological polar surface area (TPSA) is 65.1 Å². The molecule has 0 fully saturated rings. The Morgan fingerprint density at radius 2 is 2.08 bits per heavy atom. The first-order chi connectivity index (χ1) is 11.7. The summed E-state index contributed by atoms with van der Waals surface area (Å²) in [6.45, 7) is 2.84. The summed E-state index contributed by atoms with van der Waals surface area (Å²) in [4.78, 5) is 7.56. The third-order valence-corrected chi connectivity index (χ3v) is 3.97. The number of benzene rings is 1. The van der Waals surface area contributed by atoms with Crippen molar-refractivity contribution in [2.45, 2.75) is 13.3 Å². The van der Waals surface area contributed by atoms with E-state index in [1.807, 2.05) is 24.3 Å². The Balaban J connectivity index is 1.50. The van der Waals surface area contributed by atoms with Gasteiger partial charge in [-0.15, -0.1) is 0 Å². The first-order valence-electron chi connectivity index (χ1n) is 7.78. The van der Waals surface area contributed by atoms with Crippen LogP contribution in [0.4, 0.5) is 0 Å². The Kier molecular flexibility index (Phi) is 5.18. The van der Waals surface area contributed by atoms with Crippen molar-refractivity contribution in [3.8, 4) is 0 Å². The van der Waals surface area contributed by atoms with Crippen LogP contribution in [-0.2, 0) is 6.42 Å². The van der Waals surface area contributed by atoms with Gasteiger partial charge >= 0.3 is 0 Å². The Morgan fingerprint density at radius 3 is 2.92 bits per heavy atom. The van der Waals surface area contributed by atoms with Gasteiger partial charge in [0, 0.05) is 29.3 Å². The van der Waals surface area contributed by atoms with E-state index in [4.69, 9.17) is 12.2 Å². The average molecular weight is 337 g/mol. The van der Waals surface area contributed by atoms with E-state index in [1.165, 1.54) is 22.2 Å². The van der Waals surface area contributed by atoms with Crippen LogP contribution in [-0.4, -0.2) is 27.8 Å². The van der Waals surface area contributed by atoms with Crippen molar-refractivity contribution in [3.63, 3.8) is 0 Å². The van der Waals surface area contributed by atoms with Crippen LogP contribution in [0.2, 0.25) is 0 Å². The van der Waals surface area contributed by atoms with Crippen LogP contribution >= 0.6 is 12.2 Å². The molecule has 5 nitrogen and oxygen atoms in total. The van der Waals surface area contributed by atoms with Gasteiger partial charge in [0.15, 0.2) is 5.11 Å². The maximum atomic E-state index is 5.23. The molecule has 0 aliphatic rings. The van der Waals surface area contributed by atoms with Crippen LogP contribution in [0.15, 0.2) is 53.8 Å². The third-order valence-electron chi connectivity index (χ3n) is 3.74. The van der Waals surface area contributed by atoms with Gasteiger partial charge in [-0.05, 0) is 49.3 Å². The van der Waals surface area contributed by atoms with Crippen molar-refractivity contribution in [2.75, 3.05) is 6.54 Å². The molecule has 24 heavy (non-hydrogen) atoms. The smallest absolute Gasteiger partial charge is 0.186 e. The second-order valence-corrected chi connectivity index (χ2v) is 5.81. The Bertz CT molecular complexity index is 854. The number of nitrogens with one attached hydrogen (secondary N) is 3. The van der Waals surface area contributed by atoms with Gasteiger partial charge in [-0.25, -0.2) is 0 Å². The molecule has 0 radical (unpaired) electrons. The van der Waals surface area contributed by atoms with Crippen LogP contribution in [0.1, 0.15) is 17.0 Å². The number of aryl methyl sites for hydroxylation is 1. The van der Waals surface area contributed by atoms with Crippen LogP contribution < -0.4 is 10.7 Å². The highest BCUT2D eigenvalue weighted by Gasteiger charge is 2.07. The monoisotopic (exact) mass is 337 g/mol. The Morgan fingerprint density at radius 1 is 1.25 bits per heavy atom. The molecule has 3 aromatic rings. The summed E-state index contributed by atoms with van der Waals surface area (Å²) in [7, 11) is 0. The van der Waals surface area contributed by atoms with Gasteiger partial charge in [0.1, 0.15) is 0 Å². The Hall–Kier alpha value is -2.73. The summed E-state index contributed by atoms with van der Waals surface area (Å²) in [6.07, 6.45) is 4.25. The first-order valence-corrected chi connectivity index (χ1v) is 8.19. The van der Waals surface area contributed by atoms with Gasteiger partial charge in [-0.3, -0.25) is 10.4 Å². The van der Waals surface area contributed by atoms with Crippen LogP contribution in [0.3, 0.4) is 0 Å². The third kappa shape index (κ3) is 3.97. The van der Waals surface area contributed by atoms with Gasteiger partial charge < -0.3 is 10.3 Å². The molecule has 2 heterocycles. The summed E-state index contributed by atoms with van der Waals surface area (Å²) in [5.41, 5.74) is 7.27. The van der Waals surface area contributed by atoms with Crippen LogP contribution in [0.5, 0.6) is 0 Å². The number of hydrogen-bond acceptors (Lipinski definition) is 3. The highest BCUT2D eigenvalue weighted by Crippen LogP contribution is 2.21. The SMILES string of the molecule is Cc1[nH]c2ccccc2c1CCNC(=S)N/N=C/c1ccccn1. The maximum absolute atomic E-state index is 5.23. The second kappa shape index (κ2) is 7.70. The number of hydrogen-bond donors (Lipinski definition) is 3. The number of H-pyrrole nitrogens is 1. The number of aromatic amines is 1. The highest BCUT2D eigenvalue weighted by molar-refractivity contribution is 7.80. The number of nitrogens with zero attached hydrogens (tertiary/aromatic N) is 2. The zero-order valence-corrected chi connectivity index (χ0v) is 14.2. The van der Waals surface area contributed by atoms with Crippen molar-refractivity contribution in [1.29, 1.82) is 0 Å². The molecule has 0 aliphatic carbocycles. The standard InChI is InChI=1S/C18H19N5S/c1-13-15(16-7-2-3-8-17(16)22-13)9-11-20-18(24)23-21-12-14-6-4-5-10-19-14/h2-8,10,12,22H,9,11H2,1H3,(H2,20,23,24)/b21-12+. The fraction of sp³-hybridized carbons (Fsp3) is 0.167. The number of aromatic nitrogens is 2. The van der Waals surface area contributed by atoms with Gasteiger partial charge in [0.05, 0.1) is 11.9 Å². The average Bonchev–Trinajstić information content (AvgIpc) is 2.92. The van der Waals surface area contributed by atoms with Gasteiger partial charge in [-0.2, -0.15) is 5.10 Å². The van der Waals surface area contributed by atoms with E-state index in [1.54, 1.807) is 12.4 Å². The summed E-state index contributed by atoms with van der Waals surface area (Å²) >= 11 is 5.23. The first kappa shape index (κ1) is 16.1. The van der Waals surface area contributed by atoms with E-state index in [-0.39, 0.29) is 0 Å². The number of rotatable bonds is 5. The molecule has 1 aromatic carbocycles. The number of thiocarbonyl (C=S) groups is 1. The summed E-state index contributed by atoms with van der Waals surface area (Å²) in [5, 5.41) is 9.02. The lowest BCUT2D eigenvalue weighted by atomic mass is 10.1. The summed E-state index contributed by atoms with van der Waals surface area (Å²) < 4.78 is 0. The predicted octanol–water partition coefficient (Wildman–Crippen LogP) is 2.91. The molecule has 122 valence electrons. The normalized spacial score (nSPS) is 11.0. The molecule has 0 atom stereocenters. The fourth-order valence-corrected chi connectivity index (χ4v) is 2.76. The minimum Gasteiger partial charge on any atom is -0.361 e. The van der Waals surface area contributed by atoms with E-state index in [0.29, 0.717) is 5.11 Å². The number of para-hydroxylation sites is 1. The zero-order chi connectivity index (χ0) is 16.8. The van der Waals surface area contributed by atoms with Crippen molar-refractivity contribution in [1.82, 2.24) is 20.7 Å². The molecule has 0 saturated heterocycles. The maximum Gasteiger partial charge on any atom is 0.186 e. The minimum absolute atomic E-state index is 0.500. The molecular formula is C18H19N5S.